The first kappa shape index (κ1) is 7.81. The van der Waals surface area contributed by atoms with Crippen molar-refractivity contribution in [3.05, 3.63) is 0 Å². The van der Waals surface area contributed by atoms with Crippen LogP contribution < -0.4 is 0 Å². The number of nitrogens with zero attached hydrogens (tertiary/aromatic N) is 1. The van der Waals surface area contributed by atoms with E-state index in [1.807, 2.05) is 0 Å². The van der Waals surface area contributed by atoms with Crippen molar-refractivity contribution >= 4 is 18.1 Å². The Bertz CT molecular complexity index is 171. The second-order valence-corrected chi connectivity index (χ2v) is 1.61. The summed E-state index contributed by atoms with van der Waals surface area (Å²) >= 11 is 0. The summed E-state index contributed by atoms with van der Waals surface area (Å²) in [5, 5.41) is 8.25. The molecular weight excluding hydrogens is 122 g/mol. The minimum absolute atomic E-state index is 0.0185. The van der Waals surface area contributed by atoms with Crippen molar-refractivity contribution in [1.82, 2.24) is 0 Å². The minimum atomic E-state index is -1.08. The van der Waals surface area contributed by atoms with Crippen LogP contribution >= 0.6 is 0 Å². The topological polar surface area (TPSA) is 57.4 Å². The van der Waals surface area contributed by atoms with E-state index in [-0.39, 0.29) is 5.71 Å². The van der Waals surface area contributed by atoms with E-state index in [9.17, 15) is 9.59 Å². The summed E-state index contributed by atoms with van der Waals surface area (Å²) in [6, 6.07) is 0. The molecule has 0 aliphatic heterocycles. The summed E-state index contributed by atoms with van der Waals surface area (Å²) in [6.07, 6.45) is 0.448. The number of aliphatic carboxylic acids is 1. The summed E-state index contributed by atoms with van der Waals surface area (Å²) in [5.41, 5.74) is 0.0185. The molecule has 0 aromatic carbocycles. The highest BCUT2D eigenvalue weighted by Gasteiger charge is 2.11. The van der Waals surface area contributed by atoms with Crippen LogP contribution in [0.3, 0.4) is 0 Å². The van der Waals surface area contributed by atoms with E-state index in [0.29, 0.717) is 6.41 Å². The summed E-state index contributed by atoms with van der Waals surface area (Å²) in [6.45, 7) is 1.36. The van der Waals surface area contributed by atoms with Crippen molar-refractivity contribution in [2.24, 2.45) is 0 Å². The zero-order chi connectivity index (χ0) is 7.44. The van der Waals surface area contributed by atoms with Crippen molar-refractivity contribution in [3.63, 3.8) is 0 Å². The van der Waals surface area contributed by atoms with Crippen LogP contribution in [0.15, 0.2) is 0 Å². The number of carboxylic acids is 1. The molecule has 0 spiro atoms. The van der Waals surface area contributed by atoms with Gasteiger partial charge in [0.25, 0.3) is 5.71 Å². The standard InChI is InChI=1S/C5H7NO3/c1-4(5(8)9)6(2)3-7/h3H,1-2H3/p+1. The highest BCUT2D eigenvalue weighted by atomic mass is 16.4. The Kier molecular flexibility index (Phi) is 2.57. The van der Waals surface area contributed by atoms with Gasteiger partial charge in [0.1, 0.15) is 7.05 Å². The molecule has 1 N–H and O–H groups in total. The van der Waals surface area contributed by atoms with Gasteiger partial charge < -0.3 is 5.11 Å². The Morgan fingerprint density at radius 2 is 2.11 bits per heavy atom. The molecule has 0 unspecified atom stereocenters. The van der Waals surface area contributed by atoms with Gasteiger partial charge >= 0.3 is 12.4 Å². The van der Waals surface area contributed by atoms with E-state index in [1.54, 1.807) is 0 Å². The van der Waals surface area contributed by atoms with E-state index < -0.39 is 5.97 Å². The molecule has 1 amide bonds. The third-order valence-corrected chi connectivity index (χ3v) is 0.997. The number of hydrogen-bond acceptors (Lipinski definition) is 2. The molecule has 0 saturated heterocycles. The molecule has 9 heavy (non-hydrogen) atoms. The number of amides is 1. The lowest BCUT2D eigenvalue weighted by molar-refractivity contribution is -0.401. The third kappa shape index (κ3) is 2.03. The van der Waals surface area contributed by atoms with Gasteiger partial charge in [0.2, 0.25) is 0 Å². The predicted octanol–water partition coefficient (Wildman–Crippen LogP) is -0.669. The van der Waals surface area contributed by atoms with Gasteiger partial charge in [0.05, 0.1) is 0 Å². The van der Waals surface area contributed by atoms with Crippen LogP contribution in [-0.4, -0.2) is 34.8 Å². The molecule has 0 aliphatic rings. The fraction of sp³-hybridized carbons (Fsp3) is 0.400. The summed E-state index contributed by atoms with van der Waals surface area (Å²) < 4.78 is 1.00. The molecule has 0 bridgehead atoms. The molecular formula is C5H8NO3+. The van der Waals surface area contributed by atoms with Gasteiger partial charge in [-0.2, -0.15) is 4.58 Å². The van der Waals surface area contributed by atoms with Crippen LogP contribution in [0, 0.1) is 0 Å². The lowest BCUT2D eigenvalue weighted by atomic mass is 10.4. The quantitative estimate of drug-likeness (QED) is 0.306. The monoisotopic (exact) mass is 130 g/mol. The fourth-order valence-electron chi connectivity index (χ4n) is 0.230. The molecule has 0 aromatic rings. The van der Waals surface area contributed by atoms with E-state index in [0.717, 1.165) is 4.58 Å². The molecule has 0 heterocycles. The number of hydrogen-bond donors (Lipinski definition) is 1. The molecule has 0 saturated carbocycles. The van der Waals surface area contributed by atoms with E-state index in [2.05, 4.69) is 0 Å². The van der Waals surface area contributed by atoms with Crippen molar-refractivity contribution in [1.29, 1.82) is 0 Å². The maximum absolute atomic E-state index is 10.1. The lowest BCUT2D eigenvalue weighted by Gasteiger charge is -1.85. The number of carboxylic acid groups (broad SMARTS) is 1. The zero-order valence-corrected chi connectivity index (χ0v) is 5.29. The molecule has 0 fully saturated rings. The lowest BCUT2D eigenvalue weighted by Crippen LogP contribution is -2.21. The SMILES string of the molecule is CC(C(=O)O)=[N+](C)C=O. The fourth-order valence-corrected chi connectivity index (χ4v) is 0.230. The highest BCUT2D eigenvalue weighted by molar-refractivity contribution is 6.32. The highest BCUT2D eigenvalue weighted by Crippen LogP contribution is 1.71. The molecule has 0 aliphatic carbocycles. The minimum Gasteiger partial charge on any atom is -0.474 e. The second kappa shape index (κ2) is 2.96. The van der Waals surface area contributed by atoms with Crippen LogP contribution in [0.5, 0.6) is 0 Å². The van der Waals surface area contributed by atoms with Crippen LogP contribution in [0.1, 0.15) is 6.92 Å². The van der Waals surface area contributed by atoms with Crippen LogP contribution in [0.25, 0.3) is 0 Å². The van der Waals surface area contributed by atoms with Gasteiger partial charge in [-0.1, -0.05) is 0 Å². The number of carbonyl (C=O) groups excluding carboxylic acids is 1. The van der Waals surface area contributed by atoms with Crippen LogP contribution in [-0.2, 0) is 9.59 Å². The predicted molar refractivity (Wildman–Crippen MR) is 30.6 cm³/mol. The second-order valence-electron chi connectivity index (χ2n) is 1.61. The average molecular weight is 130 g/mol. The van der Waals surface area contributed by atoms with Crippen molar-refractivity contribution in [2.75, 3.05) is 7.05 Å². The first-order valence-electron chi connectivity index (χ1n) is 2.34. The normalized spacial score (nSPS) is 12.2. The summed E-state index contributed by atoms with van der Waals surface area (Å²) in [5.74, 6) is -1.08. The Labute approximate surface area is 52.4 Å². The van der Waals surface area contributed by atoms with Gasteiger partial charge in [-0.15, -0.1) is 0 Å². The number of carbonyl (C=O) groups is 2. The van der Waals surface area contributed by atoms with Crippen LogP contribution in [0.4, 0.5) is 0 Å². The Balaban J connectivity index is 4.47. The number of rotatable bonds is 2. The Morgan fingerprint density at radius 1 is 1.67 bits per heavy atom. The molecule has 4 nitrogen and oxygen atoms in total. The van der Waals surface area contributed by atoms with Crippen LogP contribution in [0.2, 0.25) is 0 Å². The largest absolute Gasteiger partial charge is 0.474 e. The Morgan fingerprint density at radius 3 is 2.22 bits per heavy atom. The van der Waals surface area contributed by atoms with Crippen molar-refractivity contribution < 1.29 is 19.3 Å². The molecule has 0 atom stereocenters. The first-order chi connectivity index (χ1) is 4.09. The third-order valence-electron chi connectivity index (χ3n) is 0.997. The first-order valence-corrected chi connectivity index (χ1v) is 2.34. The molecule has 0 radical (unpaired) electrons. The maximum atomic E-state index is 10.1. The van der Waals surface area contributed by atoms with Crippen molar-refractivity contribution in [2.45, 2.75) is 6.92 Å². The van der Waals surface area contributed by atoms with E-state index in [4.69, 9.17) is 5.11 Å². The Hall–Kier alpha value is -1.19. The summed E-state index contributed by atoms with van der Waals surface area (Å²) in [4.78, 5) is 20.0. The molecule has 0 aromatic heterocycles. The molecule has 0 rings (SSSR count). The van der Waals surface area contributed by atoms with E-state index in [1.165, 1.54) is 14.0 Å². The van der Waals surface area contributed by atoms with Gasteiger partial charge in [-0.3, -0.25) is 0 Å². The molecule has 50 valence electrons. The van der Waals surface area contributed by atoms with E-state index >= 15 is 0 Å². The van der Waals surface area contributed by atoms with Crippen molar-refractivity contribution in [3.8, 4) is 0 Å². The maximum Gasteiger partial charge on any atom is 0.396 e. The average Bonchev–Trinajstić information content (AvgIpc) is 1.84. The smallest absolute Gasteiger partial charge is 0.396 e. The zero-order valence-electron chi connectivity index (χ0n) is 5.29. The van der Waals surface area contributed by atoms with Gasteiger partial charge in [0.15, 0.2) is 0 Å². The van der Waals surface area contributed by atoms with Gasteiger partial charge in [-0.25, -0.2) is 9.59 Å². The summed E-state index contributed by atoms with van der Waals surface area (Å²) in [7, 11) is 1.39. The molecule has 4 heteroatoms. The van der Waals surface area contributed by atoms with Gasteiger partial charge in [-0.05, 0) is 0 Å². The van der Waals surface area contributed by atoms with Gasteiger partial charge in [0, 0.05) is 6.92 Å².